The molecule has 3 fully saturated rings. The first-order chi connectivity index (χ1) is 9.56. The first-order valence-electron chi connectivity index (χ1n) is 7.33. The lowest BCUT2D eigenvalue weighted by molar-refractivity contribution is -0.118. The van der Waals surface area contributed by atoms with E-state index in [1.807, 2.05) is 19.1 Å². The highest BCUT2D eigenvalue weighted by Gasteiger charge is 2.67. The van der Waals surface area contributed by atoms with Crippen LogP contribution in [0.15, 0.2) is 16.6 Å². The van der Waals surface area contributed by atoms with Crippen molar-refractivity contribution in [1.29, 1.82) is 0 Å². The van der Waals surface area contributed by atoms with Crippen molar-refractivity contribution in [2.45, 2.75) is 26.2 Å². The number of rotatable bonds is 2. The van der Waals surface area contributed by atoms with E-state index in [9.17, 15) is 4.79 Å². The zero-order chi connectivity index (χ0) is 14.0. The highest BCUT2D eigenvalue weighted by atomic mass is 79.9. The summed E-state index contributed by atoms with van der Waals surface area (Å²) < 4.78 is 0.904. The fraction of sp³-hybridized carbons (Fsp3) is 0.562. The summed E-state index contributed by atoms with van der Waals surface area (Å²) in [4.78, 5) is 12.5. The number of nitrogens with one attached hydrogen (secondary N) is 1. The van der Waals surface area contributed by atoms with Crippen molar-refractivity contribution in [2.24, 2.45) is 29.6 Å². The van der Waals surface area contributed by atoms with Crippen LogP contribution in [0.2, 0.25) is 5.02 Å². The third kappa shape index (κ3) is 1.86. The van der Waals surface area contributed by atoms with E-state index in [1.165, 1.54) is 19.3 Å². The number of halogens is 2. The standard InChI is InChI=1S/C16H17BrClNO/c1-7-4-10(17)12(6-11(7)18)19-16(20)15-13-8-2-3-9(5-8)14(13)15/h4,6,8-9,13-15H,2-3,5H2,1H3,(H,19,20). The highest BCUT2D eigenvalue weighted by molar-refractivity contribution is 9.10. The smallest absolute Gasteiger partial charge is 0.228 e. The Morgan fingerprint density at radius 3 is 2.60 bits per heavy atom. The van der Waals surface area contributed by atoms with Crippen LogP contribution in [-0.2, 0) is 4.79 Å². The summed E-state index contributed by atoms with van der Waals surface area (Å²) in [6, 6.07) is 3.79. The monoisotopic (exact) mass is 353 g/mol. The number of fused-ring (bicyclic) bond motifs is 5. The molecule has 0 spiro atoms. The molecule has 1 aromatic carbocycles. The Balaban J connectivity index is 1.51. The van der Waals surface area contributed by atoms with Crippen LogP contribution < -0.4 is 5.32 Å². The molecule has 106 valence electrons. The first kappa shape index (κ1) is 13.1. The minimum Gasteiger partial charge on any atom is -0.325 e. The van der Waals surface area contributed by atoms with E-state index in [0.29, 0.717) is 16.9 Å². The molecule has 0 aliphatic heterocycles. The van der Waals surface area contributed by atoms with Gasteiger partial charge in [0.25, 0.3) is 0 Å². The van der Waals surface area contributed by atoms with Gasteiger partial charge in [0, 0.05) is 15.4 Å². The Labute approximate surface area is 132 Å². The van der Waals surface area contributed by atoms with Crippen molar-refractivity contribution in [2.75, 3.05) is 5.32 Å². The summed E-state index contributed by atoms with van der Waals surface area (Å²) in [6.45, 7) is 1.96. The SMILES string of the molecule is Cc1cc(Br)c(NC(=O)C2C3C4CCC(C4)C23)cc1Cl. The van der Waals surface area contributed by atoms with Crippen LogP contribution in [0.25, 0.3) is 0 Å². The van der Waals surface area contributed by atoms with Gasteiger partial charge in [0.2, 0.25) is 5.91 Å². The van der Waals surface area contributed by atoms with E-state index in [1.54, 1.807) is 0 Å². The van der Waals surface area contributed by atoms with Crippen LogP contribution in [0.3, 0.4) is 0 Å². The predicted molar refractivity (Wildman–Crippen MR) is 83.8 cm³/mol. The molecule has 0 heterocycles. The second kappa shape index (κ2) is 4.48. The maximum atomic E-state index is 12.5. The van der Waals surface area contributed by atoms with E-state index < -0.39 is 0 Å². The van der Waals surface area contributed by atoms with Gasteiger partial charge in [0.05, 0.1) is 5.69 Å². The number of benzene rings is 1. The topological polar surface area (TPSA) is 29.1 Å². The predicted octanol–water partition coefficient (Wildman–Crippen LogP) is 4.64. The number of hydrogen-bond acceptors (Lipinski definition) is 1. The van der Waals surface area contributed by atoms with Crippen molar-refractivity contribution in [1.82, 2.24) is 0 Å². The molecule has 1 N–H and O–H groups in total. The second-order valence-electron chi connectivity index (χ2n) is 6.58. The van der Waals surface area contributed by atoms with Crippen molar-refractivity contribution in [3.05, 3.63) is 27.2 Å². The summed E-state index contributed by atoms with van der Waals surface area (Å²) in [7, 11) is 0. The molecule has 4 heteroatoms. The van der Waals surface area contributed by atoms with E-state index in [4.69, 9.17) is 11.6 Å². The van der Waals surface area contributed by atoms with Gasteiger partial charge < -0.3 is 5.32 Å². The number of carbonyl (C=O) groups is 1. The van der Waals surface area contributed by atoms with E-state index >= 15 is 0 Å². The fourth-order valence-electron chi connectivity index (χ4n) is 4.63. The Morgan fingerprint density at radius 1 is 1.30 bits per heavy atom. The minimum absolute atomic E-state index is 0.192. The van der Waals surface area contributed by atoms with Gasteiger partial charge in [-0.05, 0) is 83.5 Å². The largest absolute Gasteiger partial charge is 0.325 e. The molecule has 1 aromatic rings. The van der Waals surface area contributed by atoms with Gasteiger partial charge in [0.15, 0.2) is 0 Å². The van der Waals surface area contributed by atoms with Gasteiger partial charge in [0.1, 0.15) is 0 Å². The lowest BCUT2D eigenvalue weighted by Gasteiger charge is -2.12. The number of amides is 1. The van der Waals surface area contributed by atoms with Crippen molar-refractivity contribution in [3.63, 3.8) is 0 Å². The van der Waals surface area contributed by atoms with E-state index in [2.05, 4.69) is 21.2 Å². The molecule has 1 amide bonds. The molecule has 20 heavy (non-hydrogen) atoms. The van der Waals surface area contributed by atoms with Crippen LogP contribution in [0.4, 0.5) is 5.69 Å². The molecule has 4 atom stereocenters. The Bertz CT molecular complexity index is 586. The highest BCUT2D eigenvalue weighted by Crippen LogP contribution is 2.69. The van der Waals surface area contributed by atoms with Crippen LogP contribution in [0, 0.1) is 36.5 Å². The number of hydrogen-bond donors (Lipinski definition) is 1. The van der Waals surface area contributed by atoms with Crippen molar-refractivity contribution < 1.29 is 4.79 Å². The van der Waals surface area contributed by atoms with Crippen LogP contribution in [-0.4, -0.2) is 5.91 Å². The first-order valence-corrected chi connectivity index (χ1v) is 8.50. The molecule has 0 aromatic heterocycles. The number of aryl methyl sites for hydroxylation is 1. The average Bonchev–Trinajstić information content (AvgIpc) is 2.85. The molecule has 2 nitrogen and oxygen atoms in total. The molecule has 3 aliphatic carbocycles. The summed E-state index contributed by atoms with van der Waals surface area (Å²) in [5, 5.41) is 3.76. The summed E-state index contributed by atoms with van der Waals surface area (Å²) in [5.41, 5.74) is 1.81. The van der Waals surface area contributed by atoms with E-state index in [0.717, 1.165) is 27.6 Å². The second-order valence-corrected chi connectivity index (χ2v) is 7.85. The van der Waals surface area contributed by atoms with Gasteiger partial charge in [-0.2, -0.15) is 0 Å². The normalized spacial score (nSPS) is 36.9. The molecular weight excluding hydrogens is 338 g/mol. The van der Waals surface area contributed by atoms with Crippen molar-refractivity contribution in [3.8, 4) is 0 Å². The molecule has 3 saturated carbocycles. The van der Waals surface area contributed by atoms with Crippen molar-refractivity contribution >= 4 is 39.1 Å². The lowest BCUT2D eigenvalue weighted by atomic mass is 10.0. The van der Waals surface area contributed by atoms with Crippen LogP contribution >= 0.6 is 27.5 Å². The third-order valence-corrected chi connectivity index (χ3v) is 6.61. The minimum atomic E-state index is 0.192. The Kier molecular flexibility index (Phi) is 2.94. The maximum Gasteiger partial charge on any atom is 0.228 e. The van der Waals surface area contributed by atoms with Gasteiger partial charge >= 0.3 is 0 Å². The third-order valence-electron chi connectivity index (χ3n) is 5.54. The molecule has 0 radical (unpaired) electrons. The molecule has 0 saturated heterocycles. The fourth-order valence-corrected chi connectivity index (χ4v) is 5.35. The van der Waals surface area contributed by atoms with Gasteiger partial charge in [-0.25, -0.2) is 0 Å². The molecule has 3 aliphatic rings. The van der Waals surface area contributed by atoms with Gasteiger partial charge in [-0.3, -0.25) is 4.79 Å². The number of carbonyl (C=O) groups excluding carboxylic acids is 1. The Morgan fingerprint density at radius 2 is 1.95 bits per heavy atom. The van der Waals surface area contributed by atoms with Gasteiger partial charge in [-0.1, -0.05) is 11.6 Å². The molecule has 4 rings (SSSR count). The maximum absolute atomic E-state index is 12.5. The lowest BCUT2D eigenvalue weighted by Crippen LogP contribution is -2.18. The van der Waals surface area contributed by atoms with Crippen LogP contribution in [0.1, 0.15) is 24.8 Å². The number of anilines is 1. The molecular formula is C16H17BrClNO. The van der Waals surface area contributed by atoms with E-state index in [-0.39, 0.29) is 11.8 Å². The molecule has 2 bridgehead atoms. The quantitative estimate of drug-likeness (QED) is 0.823. The zero-order valence-electron chi connectivity index (χ0n) is 11.3. The Hall–Kier alpha value is -0.540. The van der Waals surface area contributed by atoms with Crippen LogP contribution in [0.5, 0.6) is 0 Å². The average molecular weight is 355 g/mol. The zero-order valence-corrected chi connectivity index (χ0v) is 13.7. The summed E-state index contributed by atoms with van der Waals surface area (Å²) in [6.07, 6.45) is 4.06. The summed E-state index contributed by atoms with van der Waals surface area (Å²) >= 11 is 9.65. The summed E-state index contributed by atoms with van der Waals surface area (Å²) in [5.74, 6) is 3.45. The van der Waals surface area contributed by atoms with Gasteiger partial charge in [-0.15, -0.1) is 0 Å². The molecule has 4 unspecified atom stereocenters.